The third-order valence-corrected chi connectivity index (χ3v) is 6.67. The number of halogens is 3. The third-order valence-electron chi connectivity index (χ3n) is 6.67. The highest BCUT2D eigenvalue weighted by molar-refractivity contribution is 6.08. The van der Waals surface area contributed by atoms with E-state index in [0.717, 1.165) is 34.2 Å². The molecule has 1 aromatic heterocycles. The number of carbonyl (C=O) groups excluding carboxylic acids is 1. The van der Waals surface area contributed by atoms with E-state index in [1.807, 2.05) is 34.9 Å². The molecule has 6 nitrogen and oxygen atoms in total. The Morgan fingerprint density at radius 2 is 1.55 bits per heavy atom. The van der Waals surface area contributed by atoms with Crippen molar-refractivity contribution in [2.75, 3.05) is 5.73 Å². The Morgan fingerprint density at radius 3 is 2.20 bits per heavy atom. The van der Waals surface area contributed by atoms with Crippen LogP contribution in [0.5, 0.6) is 0 Å². The lowest BCUT2D eigenvalue weighted by Gasteiger charge is -2.14. The number of alkyl halides is 3. The van der Waals surface area contributed by atoms with Crippen LogP contribution < -0.4 is 11.1 Å². The van der Waals surface area contributed by atoms with E-state index >= 15 is 0 Å². The van der Waals surface area contributed by atoms with Crippen molar-refractivity contribution in [3.8, 4) is 11.1 Å². The van der Waals surface area contributed by atoms with Crippen molar-refractivity contribution in [2.24, 2.45) is 0 Å². The molecule has 0 bridgehead atoms. The van der Waals surface area contributed by atoms with Gasteiger partial charge in [0.25, 0.3) is 5.91 Å². The highest BCUT2D eigenvalue weighted by atomic mass is 19.4. The summed E-state index contributed by atoms with van der Waals surface area (Å²) in [5.74, 6) is -1.40. The second-order valence-electron chi connectivity index (χ2n) is 9.37. The zero-order valence-electron chi connectivity index (χ0n) is 21.1. The molecule has 0 aliphatic rings. The number of nitrogens with one attached hydrogen (secondary N) is 1. The van der Waals surface area contributed by atoms with E-state index in [1.165, 1.54) is 24.3 Å². The summed E-state index contributed by atoms with van der Waals surface area (Å²) >= 11 is 0. The molecule has 202 valence electrons. The van der Waals surface area contributed by atoms with Gasteiger partial charge >= 0.3 is 12.1 Å². The minimum atomic E-state index is -4.42. The Balaban J connectivity index is 1.51. The second kappa shape index (κ2) is 10.6. The topological polar surface area (TPSA) is 97.3 Å². The van der Waals surface area contributed by atoms with Crippen molar-refractivity contribution in [1.29, 1.82) is 0 Å². The van der Waals surface area contributed by atoms with Crippen LogP contribution in [0.3, 0.4) is 0 Å². The fourth-order valence-corrected chi connectivity index (χ4v) is 4.61. The Morgan fingerprint density at radius 1 is 0.875 bits per heavy atom. The standard InChI is InChI=1S/C31H24F3N3O3/c32-31(33,34)24-11-7-20(8-12-24)18-37-14-13-22-15-23(25-3-1-2-4-27(25)35)16-26(28(22)37)29(38)36-17-19-5-9-21(10-6-19)30(39)40/h1-16H,17-18,35H2,(H,36,38)(H,39,40). The summed E-state index contributed by atoms with van der Waals surface area (Å²) in [6, 6.07) is 24.0. The smallest absolute Gasteiger partial charge is 0.416 e. The molecule has 40 heavy (non-hydrogen) atoms. The molecular formula is C31H24F3N3O3. The predicted molar refractivity (Wildman–Crippen MR) is 147 cm³/mol. The van der Waals surface area contributed by atoms with Crippen LogP contribution in [0.4, 0.5) is 18.9 Å². The lowest BCUT2D eigenvalue weighted by atomic mass is 9.98. The first kappa shape index (κ1) is 26.6. The number of nitrogens with zero attached hydrogens (tertiary/aromatic N) is 1. The van der Waals surface area contributed by atoms with Gasteiger partial charge in [0, 0.05) is 35.9 Å². The highest BCUT2D eigenvalue weighted by Gasteiger charge is 2.30. The largest absolute Gasteiger partial charge is 0.478 e. The maximum atomic E-state index is 13.6. The molecular weight excluding hydrogens is 519 g/mol. The SMILES string of the molecule is Nc1ccccc1-c1cc(C(=O)NCc2ccc(C(=O)O)cc2)c2c(ccn2Cc2ccc(C(F)(F)F)cc2)c1. The van der Waals surface area contributed by atoms with Gasteiger partial charge in [-0.15, -0.1) is 0 Å². The number of rotatable bonds is 7. The molecule has 4 aromatic carbocycles. The van der Waals surface area contributed by atoms with Gasteiger partial charge in [0.05, 0.1) is 22.2 Å². The number of benzene rings is 4. The predicted octanol–water partition coefficient (Wildman–Crippen LogP) is 6.59. The summed E-state index contributed by atoms with van der Waals surface area (Å²) < 4.78 is 40.9. The summed E-state index contributed by atoms with van der Waals surface area (Å²) in [6.45, 7) is 0.420. The number of hydrogen-bond donors (Lipinski definition) is 3. The van der Waals surface area contributed by atoms with Gasteiger partial charge in [-0.3, -0.25) is 4.79 Å². The van der Waals surface area contributed by atoms with E-state index in [9.17, 15) is 22.8 Å². The molecule has 0 saturated heterocycles. The van der Waals surface area contributed by atoms with Gasteiger partial charge < -0.3 is 20.7 Å². The molecule has 0 radical (unpaired) electrons. The Labute approximate surface area is 227 Å². The molecule has 0 fully saturated rings. The lowest BCUT2D eigenvalue weighted by Crippen LogP contribution is -2.23. The van der Waals surface area contributed by atoms with Gasteiger partial charge in [-0.1, -0.05) is 42.5 Å². The van der Waals surface area contributed by atoms with E-state index in [2.05, 4.69) is 5.32 Å². The number of carboxylic acid groups (broad SMARTS) is 1. The molecule has 0 unspecified atom stereocenters. The van der Waals surface area contributed by atoms with Crippen molar-refractivity contribution >= 4 is 28.5 Å². The zero-order valence-corrected chi connectivity index (χ0v) is 21.1. The summed E-state index contributed by atoms with van der Waals surface area (Å²) in [4.78, 5) is 24.7. The minimum Gasteiger partial charge on any atom is -0.478 e. The van der Waals surface area contributed by atoms with E-state index < -0.39 is 17.7 Å². The quantitative estimate of drug-likeness (QED) is 0.202. The number of nitrogens with two attached hydrogens (primary N) is 1. The zero-order chi connectivity index (χ0) is 28.4. The molecule has 0 saturated carbocycles. The van der Waals surface area contributed by atoms with Crippen molar-refractivity contribution in [2.45, 2.75) is 19.3 Å². The van der Waals surface area contributed by atoms with Crippen LogP contribution in [0.15, 0.2) is 97.2 Å². The van der Waals surface area contributed by atoms with E-state index in [4.69, 9.17) is 10.8 Å². The minimum absolute atomic E-state index is 0.144. The maximum absolute atomic E-state index is 13.6. The molecule has 0 aliphatic carbocycles. The van der Waals surface area contributed by atoms with Gasteiger partial charge in [0.2, 0.25) is 0 Å². The van der Waals surface area contributed by atoms with Crippen LogP contribution in [0.25, 0.3) is 22.0 Å². The van der Waals surface area contributed by atoms with Gasteiger partial charge in [0.1, 0.15) is 0 Å². The fraction of sp³-hybridized carbons (Fsp3) is 0.0968. The molecule has 5 aromatic rings. The first-order valence-corrected chi connectivity index (χ1v) is 12.3. The Hall–Kier alpha value is -5.05. The average molecular weight is 544 g/mol. The monoisotopic (exact) mass is 543 g/mol. The van der Waals surface area contributed by atoms with Crippen molar-refractivity contribution in [1.82, 2.24) is 9.88 Å². The number of carbonyl (C=O) groups is 2. The Bertz CT molecular complexity index is 1710. The molecule has 1 amide bonds. The Kier molecular flexibility index (Phi) is 7.04. The van der Waals surface area contributed by atoms with E-state index in [0.29, 0.717) is 22.3 Å². The molecule has 0 spiro atoms. The number of carboxylic acids is 1. The number of amides is 1. The van der Waals surface area contributed by atoms with Crippen LogP contribution in [0.1, 0.15) is 37.4 Å². The second-order valence-corrected chi connectivity index (χ2v) is 9.37. The average Bonchev–Trinajstić information content (AvgIpc) is 3.34. The summed E-state index contributed by atoms with van der Waals surface area (Å²) in [5, 5.41) is 12.8. The van der Waals surface area contributed by atoms with Crippen molar-refractivity contribution < 1.29 is 27.9 Å². The highest BCUT2D eigenvalue weighted by Crippen LogP contribution is 2.33. The first-order valence-electron chi connectivity index (χ1n) is 12.3. The van der Waals surface area contributed by atoms with Crippen molar-refractivity contribution in [3.05, 3.63) is 125 Å². The first-order chi connectivity index (χ1) is 19.1. The summed E-state index contributed by atoms with van der Waals surface area (Å²) in [5.41, 5.74) is 10.0. The number of aromatic nitrogens is 1. The number of fused-ring (bicyclic) bond motifs is 1. The number of hydrogen-bond acceptors (Lipinski definition) is 3. The van der Waals surface area contributed by atoms with Crippen LogP contribution in [-0.2, 0) is 19.3 Å². The molecule has 9 heteroatoms. The number of nitrogen functional groups attached to an aromatic ring is 1. The van der Waals surface area contributed by atoms with Crippen LogP contribution in [-0.4, -0.2) is 21.6 Å². The van der Waals surface area contributed by atoms with Crippen molar-refractivity contribution in [3.63, 3.8) is 0 Å². The van der Waals surface area contributed by atoms with Crippen LogP contribution in [0, 0.1) is 0 Å². The number of anilines is 1. The van der Waals surface area contributed by atoms with Gasteiger partial charge in [-0.05, 0) is 65.2 Å². The summed E-state index contributed by atoms with van der Waals surface area (Å²) in [6.07, 6.45) is -2.63. The molecule has 1 heterocycles. The fourth-order valence-electron chi connectivity index (χ4n) is 4.61. The van der Waals surface area contributed by atoms with Gasteiger partial charge in [-0.25, -0.2) is 4.79 Å². The van der Waals surface area contributed by atoms with Crippen LogP contribution >= 0.6 is 0 Å². The van der Waals surface area contributed by atoms with Gasteiger partial charge in [0.15, 0.2) is 0 Å². The number of para-hydroxylation sites is 1. The lowest BCUT2D eigenvalue weighted by molar-refractivity contribution is -0.137. The normalized spacial score (nSPS) is 11.5. The number of aromatic carboxylic acids is 1. The third kappa shape index (κ3) is 5.54. The molecule has 4 N–H and O–H groups in total. The molecule has 0 atom stereocenters. The van der Waals surface area contributed by atoms with E-state index in [-0.39, 0.29) is 24.6 Å². The molecule has 0 aliphatic heterocycles. The van der Waals surface area contributed by atoms with Crippen LogP contribution in [0.2, 0.25) is 0 Å². The van der Waals surface area contributed by atoms with Gasteiger partial charge in [-0.2, -0.15) is 13.2 Å². The molecule has 5 rings (SSSR count). The maximum Gasteiger partial charge on any atom is 0.416 e. The summed E-state index contributed by atoms with van der Waals surface area (Å²) in [7, 11) is 0. The van der Waals surface area contributed by atoms with E-state index in [1.54, 1.807) is 30.5 Å².